The Balaban J connectivity index is 1.33. The van der Waals surface area contributed by atoms with Crippen LogP contribution in [-0.4, -0.2) is 64.2 Å². The zero-order chi connectivity index (χ0) is 28.9. The fraction of sp³-hybridized carbons (Fsp3) is 0.676. The molecule has 0 radical (unpaired) electrons. The van der Waals surface area contributed by atoms with Crippen LogP contribution in [0.25, 0.3) is 10.9 Å². The molecule has 1 aromatic heterocycles. The predicted molar refractivity (Wildman–Crippen MR) is 167 cm³/mol. The SMILES string of the molecule is C=C(Cc1cc2ccccc2[nH]1)[C@H]1CC[C@](O)(C2CCCCC2)[C@H]2CC[C@@](O)(CCNC(=NC)NCCCO)[C@H]2C1. The number of para-hydroxylation sites is 1. The summed E-state index contributed by atoms with van der Waals surface area (Å²) in [6.07, 6.45) is 12.2. The van der Waals surface area contributed by atoms with Crippen LogP contribution in [0.2, 0.25) is 0 Å². The Labute approximate surface area is 245 Å². The molecule has 3 aliphatic rings. The number of H-pyrrole nitrogens is 1. The normalized spacial score (nSPS) is 31.1. The summed E-state index contributed by atoms with van der Waals surface area (Å²) < 4.78 is 0. The van der Waals surface area contributed by atoms with Crippen molar-refractivity contribution in [1.82, 2.24) is 15.6 Å². The minimum absolute atomic E-state index is 0.0487. The molecule has 3 saturated carbocycles. The van der Waals surface area contributed by atoms with Gasteiger partial charge in [-0.2, -0.15) is 0 Å². The Hall–Kier alpha value is -2.35. The number of hydrogen-bond donors (Lipinski definition) is 6. The van der Waals surface area contributed by atoms with Crippen LogP contribution in [0.3, 0.4) is 0 Å². The first-order valence-electron chi connectivity index (χ1n) is 16.1. The van der Waals surface area contributed by atoms with Crippen LogP contribution < -0.4 is 10.6 Å². The van der Waals surface area contributed by atoms with Crippen LogP contribution in [0.15, 0.2) is 47.5 Å². The average molecular weight is 565 g/mol. The number of nitrogens with zero attached hydrogens (tertiary/aromatic N) is 1. The van der Waals surface area contributed by atoms with E-state index < -0.39 is 11.2 Å². The fourth-order valence-electron chi connectivity index (χ4n) is 8.48. The molecule has 7 heteroatoms. The molecule has 6 N–H and O–H groups in total. The van der Waals surface area contributed by atoms with E-state index in [1.807, 2.05) is 0 Å². The maximum absolute atomic E-state index is 12.5. The minimum atomic E-state index is -0.825. The van der Waals surface area contributed by atoms with Crippen molar-refractivity contribution in [3.05, 3.63) is 48.2 Å². The molecule has 1 aromatic carbocycles. The van der Waals surface area contributed by atoms with Crippen LogP contribution in [0.1, 0.15) is 82.7 Å². The monoisotopic (exact) mass is 564 g/mol. The summed E-state index contributed by atoms with van der Waals surface area (Å²) in [6.45, 7) is 6.01. The van der Waals surface area contributed by atoms with Gasteiger partial charge >= 0.3 is 0 Å². The number of aliphatic hydroxyl groups excluding tert-OH is 1. The highest BCUT2D eigenvalue weighted by molar-refractivity contribution is 5.80. The van der Waals surface area contributed by atoms with Crippen molar-refractivity contribution >= 4 is 16.9 Å². The second-order valence-corrected chi connectivity index (χ2v) is 13.1. The second kappa shape index (κ2) is 13.3. The molecular formula is C34H52N4O3. The van der Waals surface area contributed by atoms with E-state index in [0.717, 1.165) is 56.9 Å². The third-order valence-corrected chi connectivity index (χ3v) is 10.7. The number of benzene rings is 1. The van der Waals surface area contributed by atoms with E-state index in [4.69, 9.17) is 5.11 Å². The quantitative estimate of drug-likeness (QED) is 0.104. The van der Waals surface area contributed by atoms with E-state index in [0.29, 0.717) is 37.8 Å². The van der Waals surface area contributed by atoms with E-state index in [2.05, 4.69) is 57.5 Å². The van der Waals surface area contributed by atoms with Gasteiger partial charge < -0.3 is 30.9 Å². The Bertz CT molecular complexity index is 1150. The standard InChI is InChI=1S/C34H52N4O3/c1-24(21-28-22-26-9-6-7-12-31(26)38-28)25-13-16-34(41,27-10-4-3-5-11-27)29-14-15-33(40,30(29)23-25)17-19-37-32(35-2)36-18-8-20-39/h6-7,9,12,22,25,27,29-30,38-41H,1,3-5,8,10-11,13-21,23H2,2H3,(H2,35,36,37)/t25-,29-,30-,33+,34-/m0/s1. The first kappa shape index (κ1) is 30.1. The van der Waals surface area contributed by atoms with Gasteiger partial charge in [0.1, 0.15) is 0 Å². The molecule has 0 unspecified atom stereocenters. The Morgan fingerprint density at radius 1 is 1.02 bits per heavy atom. The molecule has 0 amide bonds. The summed E-state index contributed by atoms with van der Waals surface area (Å²) in [5.74, 6) is 1.48. The van der Waals surface area contributed by atoms with Crippen molar-refractivity contribution in [2.75, 3.05) is 26.7 Å². The Morgan fingerprint density at radius 3 is 2.56 bits per heavy atom. The number of aliphatic hydroxyl groups is 3. The number of aromatic amines is 1. The van der Waals surface area contributed by atoms with Crippen molar-refractivity contribution in [3.8, 4) is 0 Å². The summed E-state index contributed by atoms with van der Waals surface area (Å²) >= 11 is 0. The molecule has 0 saturated heterocycles. The highest BCUT2D eigenvalue weighted by atomic mass is 16.3. The molecule has 0 spiro atoms. The summed E-state index contributed by atoms with van der Waals surface area (Å²) in [7, 11) is 1.74. The number of fused-ring (bicyclic) bond motifs is 2. The van der Waals surface area contributed by atoms with Crippen molar-refractivity contribution in [2.45, 2.75) is 94.7 Å². The Morgan fingerprint density at radius 2 is 1.80 bits per heavy atom. The zero-order valence-corrected chi connectivity index (χ0v) is 25.0. The van der Waals surface area contributed by atoms with Crippen molar-refractivity contribution < 1.29 is 15.3 Å². The number of nitrogens with one attached hydrogen (secondary N) is 3. The number of hydrogen-bond acceptors (Lipinski definition) is 4. The average Bonchev–Trinajstić information content (AvgIpc) is 3.49. The summed E-state index contributed by atoms with van der Waals surface area (Å²) in [6, 6.07) is 10.6. The molecule has 5 rings (SSSR count). The highest BCUT2D eigenvalue weighted by Gasteiger charge is 2.58. The van der Waals surface area contributed by atoms with Gasteiger partial charge in [-0.3, -0.25) is 4.99 Å². The number of aliphatic imine (C=N–C) groups is 1. The van der Waals surface area contributed by atoms with E-state index in [1.54, 1.807) is 7.05 Å². The zero-order valence-electron chi connectivity index (χ0n) is 25.0. The van der Waals surface area contributed by atoms with E-state index >= 15 is 0 Å². The van der Waals surface area contributed by atoms with Crippen LogP contribution >= 0.6 is 0 Å². The molecule has 7 nitrogen and oxygen atoms in total. The maximum Gasteiger partial charge on any atom is 0.190 e. The van der Waals surface area contributed by atoms with Gasteiger partial charge in [-0.15, -0.1) is 0 Å². The molecule has 226 valence electrons. The minimum Gasteiger partial charge on any atom is -0.396 e. The summed E-state index contributed by atoms with van der Waals surface area (Å²) in [5, 5.41) is 41.7. The molecular weight excluding hydrogens is 512 g/mol. The molecule has 5 atom stereocenters. The van der Waals surface area contributed by atoms with Crippen molar-refractivity contribution in [2.24, 2.45) is 28.7 Å². The van der Waals surface area contributed by atoms with Gasteiger partial charge in [0, 0.05) is 44.4 Å². The Kier molecular flexibility index (Phi) is 9.77. The molecule has 0 bridgehead atoms. The van der Waals surface area contributed by atoms with Crippen molar-refractivity contribution in [1.29, 1.82) is 0 Å². The number of guanidine groups is 1. The molecule has 41 heavy (non-hydrogen) atoms. The van der Waals surface area contributed by atoms with Gasteiger partial charge in [-0.25, -0.2) is 0 Å². The van der Waals surface area contributed by atoms with E-state index in [-0.39, 0.29) is 24.4 Å². The molecule has 3 aliphatic carbocycles. The molecule has 2 aromatic rings. The molecule has 3 fully saturated rings. The second-order valence-electron chi connectivity index (χ2n) is 13.1. The van der Waals surface area contributed by atoms with Gasteiger partial charge in [-0.05, 0) is 99.0 Å². The molecule has 1 heterocycles. The van der Waals surface area contributed by atoms with Gasteiger partial charge in [0.25, 0.3) is 0 Å². The number of rotatable bonds is 10. The van der Waals surface area contributed by atoms with Gasteiger partial charge in [-0.1, -0.05) is 49.6 Å². The van der Waals surface area contributed by atoms with E-state index in [9.17, 15) is 10.2 Å². The third-order valence-electron chi connectivity index (χ3n) is 10.7. The van der Waals surface area contributed by atoms with E-state index in [1.165, 1.54) is 35.9 Å². The first-order valence-corrected chi connectivity index (χ1v) is 16.1. The number of allylic oxidation sites excluding steroid dienone is 1. The summed E-state index contributed by atoms with van der Waals surface area (Å²) in [5.41, 5.74) is 2.02. The lowest BCUT2D eigenvalue weighted by atomic mass is 9.65. The third kappa shape index (κ3) is 6.68. The maximum atomic E-state index is 12.5. The van der Waals surface area contributed by atoms with Crippen LogP contribution in [0.5, 0.6) is 0 Å². The van der Waals surface area contributed by atoms with Crippen LogP contribution in [0, 0.1) is 23.7 Å². The molecule has 0 aliphatic heterocycles. The lowest BCUT2D eigenvalue weighted by Gasteiger charge is -2.45. The van der Waals surface area contributed by atoms with Gasteiger partial charge in [0.2, 0.25) is 0 Å². The first-order chi connectivity index (χ1) is 19.9. The van der Waals surface area contributed by atoms with Crippen LogP contribution in [-0.2, 0) is 6.42 Å². The summed E-state index contributed by atoms with van der Waals surface area (Å²) in [4.78, 5) is 7.87. The fourth-order valence-corrected chi connectivity index (χ4v) is 8.48. The van der Waals surface area contributed by atoms with Crippen LogP contribution in [0.4, 0.5) is 0 Å². The lowest BCUT2D eigenvalue weighted by molar-refractivity contribution is -0.113. The van der Waals surface area contributed by atoms with Crippen molar-refractivity contribution in [3.63, 3.8) is 0 Å². The topological polar surface area (TPSA) is 113 Å². The lowest BCUT2D eigenvalue weighted by Crippen LogP contribution is -2.50. The van der Waals surface area contributed by atoms with Gasteiger partial charge in [0.15, 0.2) is 5.96 Å². The smallest absolute Gasteiger partial charge is 0.190 e. The predicted octanol–water partition coefficient (Wildman–Crippen LogP) is 5.07. The largest absolute Gasteiger partial charge is 0.396 e. The highest BCUT2D eigenvalue weighted by Crippen LogP contribution is 2.57. The number of aromatic nitrogens is 1. The van der Waals surface area contributed by atoms with Gasteiger partial charge in [0.05, 0.1) is 11.2 Å².